The summed E-state index contributed by atoms with van der Waals surface area (Å²) >= 11 is 0. The number of carbonyl (C=O) groups is 2. The molecule has 0 spiro atoms. The molecule has 2 aliphatic heterocycles. The lowest BCUT2D eigenvalue weighted by Gasteiger charge is -2.45. The molecule has 0 bridgehead atoms. The van der Waals surface area contributed by atoms with E-state index >= 15 is 0 Å². The predicted molar refractivity (Wildman–Crippen MR) is 128 cm³/mol. The van der Waals surface area contributed by atoms with Crippen molar-refractivity contribution in [3.05, 3.63) is 71.8 Å². The first-order chi connectivity index (χ1) is 15.2. The zero-order valence-electron chi connectivity index (χ0n) is 19.6. The van der Waals surface area contributed by atoms with Gasteiger partial charge in [0, 0.05) is 13.0 Å². The second-order valence-electron chi connectivity index (χ2n) is 7.75. The number of nitrogens with zero attached hydrogens (tertiary/aromatic N) is 1. The summed E-state index contributed by atoms with van der Waals surface area (Å²) in [6.07, 6.45) is 2.99. The molecule has 0 radical (unpaired) electrons. The largest absolute Gasteiger partial charge is 0.299 e. The van der Waals surface area contributed by atoms with Gasteiger partial charge in [-0.2, -0.15) is 0 Å². The molecule has 0 aliphatic carbocycles. The Balaban J connectivity index is 0.000000807. The topological polar surface area (TPSA) is 49.4 Å². The van der Waals surface area contributed by atoms with Gasteiger partial charge in [0.25, 0.3) is 0 Å². The molecule has 2 amide bonds. The summed E-state index contributed by atoms with van der Waals surface area (Å²) in [7, 11) is 0. The molecule has 1 unspecified atom stereocenters. The number of likely N-dealkylation sites (tertiary alicyclic amines) is 1. The van der Waals surface area contributed by atoms with Crippen molar-refractivity contribution in [2.45, 2.75) is 65.3 Å². The first kappa shape index (κ1) is 24.8. The lowest BCUT2D eigenvalue weighted by atomic mass is 9.62. The van der Waals surface area contributed by atoms with E-state index < -0.39 is 5.41 Å². The fourth-order valence-corrected chi connectivity index (χ4v) is 4.79. The van der Waals surface area contributed by atoms with Crippen LogP contribution in [-0.4, -0.2) is 29.8 Å². The molecule has 0 aromatic heterocycles. The molecule has 2 aliphatic rings. The Labute approximate surface area is 188 Å². The van der Waals surface area contributed by atoms with E-state index in [0.717, 1.165) is 38.0 Å². The van der Waals surface area contributed by atoms with Gasteiger partial charge in [-0.1, -0.05) is 88.4 Å². The normalized spacial score (nSPS) is 21.8. The van der Waals surface area contributed by atoms with Crippen LogP contribution in [-0.2, 0) is 21.5 Å². The minimum atomic E-state index is -0.575. The lowest BCUT2D eigenvalue weighted by Crippen LogP contribution is -2.57. The molecule has 31 heavy (non-hydrogen) atoms. The number of amides is 2. The van der Waals surface area contributed by atoms with E-state index in [4.69, 9.17) is 0 Å². The maximum atomic E-state index is 13.1. The molecule has 2 aromatic rings. The van der Waals surface area contributed by atoms with E-state index in [1.807, 2.05) is 64.1 Å². The van der Waals surface area contributed by atoms with Crippen LogP contribution in [0.5, 0.6) is 0 Å². The number of hydrogen-bond donors (Lipinski definition) is 1. The van der Waals surface area contributed by atoms with Crippen molar-refractivity contribution in [3.8, 4) is 0 Å². The van der Waals surface area contributed by atoms with Crippen molar-refractivity contribution in [2.24, 2.45) is 5.92 Å². The van der Waals surface area contributed by atoms with Gasteiger partial charge in [0.1, 0.15) is 0 Å². The van der Waals surface area contributed by atoms with Crippen molar-refractivity contribution in [1.82, 2.24) is 10.2 Å². The highest BCUT2D eigenvalue weighted by Crippen LogP contribution is 2.44. The van der Waals surface area contributed by atoms with Gasteiger partial charge in [-0.3, -0.25) is 19.8 Å². The second-order valence-corrected chi connectivity index (χ2v) is 7.75. The minimum Gasteiger partial charge on any atom is -0.299 e. The third-order valence-electron chi connectivity index (χ3n) is 6.23. The van der Waals surface area contributed by atoms with E-state index in [-0.39, 0.29) is 17.7 Å². The Kier molecular flexibility index (Phi) is 9.93. The Morgan fingerprint density at radius 3 is 1.97 bits per heavy atom. The standard InChI is InChI=1S/C23H26N2O2.2C2H6/c26-21-11-14-23(22(27)24-21,19-9-5-2-6-10-19)20-12-15-25(16-13-20)17-18-7-3-1-4-8-18;2*1-2/h1-10,20H,11-17H2,(H,24,26,27);2*1-2H3. The van der Waals surface area contributed by atoms with Crippen molar-refractivity contribution in [3.63, 3.8) is 0 Å². The summed E-state index contributed by atoms with van der Waals surface area (Å²) in [4.78, 5) is 27.3. The maximum Gasteiger partial charge on any atom is 0.237 e. The molecule has 2 heterocycles. The number of nitrogens with one attached hydrogen (secondary N) is 1. The lowest BCUT2D eigenvalue weighted by molar-refractivity contribution is -0.140. The van der Waals surface area contributed by atoms with Gasteiger partial charge in [-0.05, 0) is 49.4 Å². The molecular weight excluding hydrogens is 384 g/mol. The van der Waals surface area contributed by atoms with Crippen molar-refractivity contribution < 1.29 is 9.59 Å². The van der Waals surface area contributed by atoms with Crippen LogP contribution in [0, 0.1) is 5.92 Å². The van der Waals surface area contributed by atoms with Crippen LogP contribution in [0.4, 0.5) is 0 Å². The molecule has 2 aromatic carbocycles. The summed E-state index contributed by atoms with van der Waals surface area (Å²) in [6.45, 7) is 10.9. The van der Waals surface area contributed by atoms with Crippen LogP contribution in [0.25, 0.3) is 0 Å². The average Bonchev–Trinajstić information content (AvgIpc) is 2.84. The zero-order valence-corrected chi connectivity index (χ0v) is 19.6. The van der Waals surface area contributed by atoms with Crippen LogP contribution in [0.2, 0.25) is 0 Å². The monoisotopic (exact) mass is 422 g/mol. The highest BCUT2D eigenvalue weighted by atomic mass is 16.2. The molecule has 1 N–H and O–H groups in total. The van der Waals surface area contributed by atoms with E-state index in [1.165, 1.54) is 5.56 Å². The van der Waals surface area contributed by atoms with E-state index in [9.17, 15) is 9.59 Å². The second kappa shape index (κ2) is 12.4. The molecule has 0 saturated carbocycles. The minimum absolute atomic E-state index is 0.105. The summed E-state index contributed by atoms with van der Waals surface area (Å²) in [5.41, 5.74) is 1.81. The third kappa shape index (κ3) is 5.82. The zero-order chi connectivity index (χ0) is 22.7. The Morgan fingerprint density at radius 1 is 0.871 bits per heavy atom. The van der Waals surface area contributed by atoms with E-state index in [0.29, 0.717) is 12.8 Å². The Hall–Kier alpha value is -2.46. The van der Waals surface area contributed by atoms with Gasteiger partial charge in [-0.25, -0.2) is 0 Å². The average molecular weight is 423 g/mol. The maximum absolute atomic E-state index is 13.1. The summed E-state index contributed by atoms with van der Waals surface area (Å²) < 4.78 is 0. The van der Waals surface area contributed by atoms with Gasteiger partial charge >= 0.3 is 0 Å². The van der Waals surface area contributed by atoms with E-state index in [1.54, 1.807) is 0 Å². The summed E-state index contributed by atoms with van der Waals surface area (Å²) in [5.74, 6) is 0.0135. The predicted octanol–water partition coefficient (Wildman–Crippen LogP) is 5.33. The van der Waals surface area contributed by atoms with Crippen molar-refractivity contribution in [2.75, 3.05) is 13.1 Å². The SMILES string of the molecule is CC.CC.O=C1CCC(c2ccccc2)(C2CCN(Cc3ccccc3)CC2)C(=O)N1. The quantitative estimate of drug-likeness (QED) is 0.678. The smallest absolute Gasteiger partial charge is 0.237 e. The molecular formula is C27H38N2O2. The third-order valence-corrected chi connectivity index (χ3v) is 6.23. The number of imide groups is 1. The summed E-state index contributed by atoms with van der Waals surface area (Å²) in [6, 6.07) is 20.6. The van der Waals surface area contributed by atoms with E-state index in [2.05, 4.69) is 34.5 Å². The molecule has 168 valence electrons. The van der Waals surface area contributed by atoms with Crippen LogP contribution in [0.15, 0.2) is 60.7 Å². The Bertz CT molecular complexity index is 799. The number of hydrogen-bond acceptors (Lipinski definition) is 3. The van der Waals surface area contributed by atoms with Gasteiger partial charge in [-0.15, -0.1) is 0 Å². The molecule has 2 saturated heterocycles. The highest BCUT2D eigenvalue weighted by molar-refractivity contribution is 6.03. The molecule has 4 rings (SSSR count). The van der Waals surface area contributed by atoms with Crippen LogP contribution < -0.4 is 5.32 Å². The number of rotatable bonds is 4. The van der Waals surface area contributed by atoms with Gasteiger partial charge in [0.15, 0.2) is 0 Å². The first-order valence-electron chi connectivity index (χ1n) is 11.8. The molecule has 4 heteroatoms. The highest BCUT2D eigenvalue weighted by Gasteiger charge is 2.50. The number of carbonyl (C=O) groups excluding carboxylic acids is 2. The molecule has 4 nitrogen and oxygen atoms in total. The van der Waals surface area contributed by atoms with Gasteiger partial charge in [0.05, 0.1) is 5.41 Å². The van der Waals surface area contributed by atoms with Crippen molar-refractivity contribution in [1.29, 1.82) is 0 Å². The van der Waals surface area contributed by atoms with Crippen LogP contribution in [0.1, 0.15) is 64.5 Å². The first-order valence-corrected chi connectivity index (χ1v) is 11.8. The molecule has 2 fully saturated rings. The Morgan fingerprint density at radius 2 is 1.42 bits per heavy atom. The van der Waals surface area contributed by atoms with Gasteiger partial charge < -0.3 is 0 Å². The van der Waals surface area contributed by atoms with Crippen LogP contribution >= 0.6 is 0 Å². The number of benzene rings is 2. The fraction of sp³-hybridized carbons (Fsp3) is 0.481. The fourth-order valence-electron chi connectivity index (χ4n) is 4.79. The molecule has 1 atom stereocenters. The van der Waals surface area contributed by atoms with Crippen LogP contribution in [0.3, 0.4) is 0 Å². The summed E-state index contributed by atoms with van der Waals surface area (Å²) in [5, 5.41) is 2.63. The van der Waals surface area contributed by atoms with Crippen molar-refractivity contribution >= 4 is 11.8 Å². The number of piperidine rings is 2. The van der Waals surface area contributed by atoms with Gasteiger partial charge in [0.2, 0.25) is 11.8 Å².